The van der Waals surface area contributed by atoms with E-state index in [9.17, 15) is 5.11 Å². The van der Waals surface area contributed by atoms with Crippen molar-refractivity contribution in [3.63, 3.8) is 0 Å². The molecule has 0 radical (unpaired) electrons. The molecule has 0 spiro atoms. The summed E-state index contributed by atoms with van der Waals surface area (Å²) in [5.41, 5.74) is 0.878. The predicted octanol–water partition coefficient (Wildman–Crippen LogP) is 1.71. The highest BCUT2D eigenvalue weighted by molar-refractivity contribution is 5.37. The van der Waals surface area contributed by atoms with Crippen molar-refractivity contribution < 1.29 is 14.9 Å². The number of phenolic OH excluding ortho intramolecular Hbond substituents is 1. The Morgan fingerprint density at radius 3 is 2.57 bits per heavy atom. The lowest BCUT2D eigenvalue weighted by Crippen LogP contribution is -2.05. The van der Waals surface area contributed by atoms with Gasteiger partial charge < -0.3 is 14.9 Å². The Morgan fingerprint density at radius 1 is 1.29 bits per heavy atom. The zero-order chi connectivity index (χ0) is 10.6. The molecule has 0 aliphatic carbocycles. The fourth-order valence-electron chi connectivity index (χ4n) is 1.26. The molecule has 0 aliphatic rings. The Kier molecular flexibility index (Phi) is 3.77. The summed E-state index contributed by atoms with van der Waals surface area (Å²) in [4.78, 5) is 0. The van der Waals surface area contributed by atoms with E-state index in [0.717, 1.165) is 5.56 Å². The molecule has 0 atom stereocenters. The molecule has 0 saturated carbocycles. The Morgan fingerprint density at radius 2 is 2.00 bits per heavy atom. The van der Waals surface area contributed by atoms with E-state index in [2.05, 4.69) is 0 Å². The summed E-state index contributed by atoms with van der Waals surface area (Å²) in [6.45, 7) is 3.93. The molecule has 0 unspecified atom stereocenters. The van der Waals surface area contributed by atoms with Gasteiger partial charge in [-0.05, 0) is 38.0 Å². The molecular formula is C11H16O3. The Hall–Kier alpha value is -1.22. The van der Waals surface area contributed by atoms with Crippen LogP contribution in [-0.4, -0.2) is 22.9 Å². The van der Waals surface area contributed by atoms with Crippen LogP contribution < -0.4 is 4.74 Å². The fourth-order valence-corrected chi connectivity index (χ4v) is 1.26. The first kappa shape index (κ1) is 10.9. The molecule has 0 amide bonds. The summed E-state index contributed by atoms with van der Waals surface area (Å²) in [5.74, 6) is 0.815. The van der Waals surface area contributed by atoms with Gasteiger partial charge in [0.1, 0.15) is 11.5 Å². The van der Waals surface area contributed by atoms with Crippen LogP contribution in [0.5, 0.6) is 11.5 Å². The third-order valence-corrected chi connectivity index (χ3v) is 1.72. The average molecular weight is 196 g/mol. The third-order valence-electron chi connectivity index (χ3n) is 1.72. The van der Waals surface area contributed by atoms with Crippen LogP contribution in [-0.2, 0) is 6.42 Å². The van der Waals surface area contributed by atoms with Crippen LogP contribution in [0.2, 0.25) is 0 Å². The maximum atomic E-state index is 9.37. The molecule has 1 rings (SSSR count). The first-order valence-electron chi connectivity index (χ1n) is 4.72. The highest BCUT2D eigenvalue weighted by atomic mass is 16.5. The van der Waals surface area contributed by atoms with Gasteiger partial charge in [0.15, 0.2) is 0 Å². The molecule has 1 aromatic rings. The maximum absolute atomic E-state index is 9.37. The van der Waals surface area contributed by atoms with Gasteiger partial charge in [-0.25, -0.2) is 0 Å². The number of hydrogen-bond acceptors (Lipinski definition) is 3. The van der Waals surface area contributed by atoms with Crippen molar-refractivity contribution in [1.82, 2.24) is 0 Å². The third kappa shape index (κ3) is 3.26. The van der Waals surface area contributed by atoms with Crippen molar-refractivity contribution in [3.8, 4) is 11.5 Å². The minimum Gasteiger partial charge on any atom is -0.508 e. The van der Waals surface area contributed by atoms with E-state index in [4.69, 9.17) is 9.84 Å². The topological polar surface area (TPSA) is 49.7 Å². The van der Waals surface area contributed by atoms with Crippen LogP contribution in [0.25, 0.3) is 0 Å². The zero-order valence-electron chi connectivity index (χ0n) is 8.53. The number of hydrogen-bond donors (Lipinski definition) is 2. The average Bonchev–Trinajstić information content (AvgIpc) is 2.01. The van der Waals surface area contributed by atoms with Crippen molar-refractivity contribution in [1.29, 1.82) is 0 Å². The highest BCUT2D eigenvalue weighted by Crippen LogP contribution is 2.22. The molecule has 0 aromatic heterocycles. The van der Waals surface area contributed by atoms with Gasteiger partial charge in [-0.2, -0.15) is 0 Å². The van der Waals surface area contributed by atoms with E-state index in [1.807, 2.05) is 19.9 Å². The monoisotopic (exact) mass is 196 g/mol. The molecule has 3 nitrogen and oxygen atoms in total. The van der Waals surface area contributed by atoms with Gasteiger partial charge in [0.05, 0.1) is 6.10 Å². The minimum absolute atomic E-state index is 0.0740. The summed E-state index contributed by atoms with van der Waals surface area (Å²) in [6, 6.07) is 5.03. The first-order chi connectivity index (χ1) is 6.61. The fraction of sp³-hybridized carbons (Fsp3) is 0.455. The molecule has 0 bridgehead atoms. The molecular weight excluding hydrogens is 180 g/mol. The smallest absolute Gasteiger partial charge is 0.123 e. The number of rotatable bonds is 4. The van der Waals surface area contributed by atoms with E-state index in [1.54, 1.807) is 12.1 Å². The van der Waals surface area contributed by atoms with E-state index >= 15 is 0 Å². The van der Waals surface area contributed by atoms with Crippen LogP contribution >= 0.6 is 0 Å². The van der Waals surface area contributed by atoms with Gasteiger partial charge in [0.2, 0.25) is 0 Å². The molecule has 0 aliphatic heterocycles. The molecule has 78 valence electrons. The van der Waals surface area contributed by atoms with Crippen molar-refractivity contribution in [3.05, 3.63) is 23.8 Å². The summed E-state index contributed by atoms with van der Waals surface area (Å²) >= 11 is 0. The number of ether oxygens (including phenoxy) is 1. The van der Waals surface area contributed by atoms with Crippen molar-refractivity contribution in [2.75, 3.05) is 6.61 Å². The van der Waals surface area contributed by atoms with Crippen LogP contribution in [0.1, 0.15) is 19.4 Å². The number of aromatic hydroxyl groups is 1. The maximum Gasteiger partial charge on any atom is 0.123 e. The quantitative estimate of drug-likeness (QED) is 0.770. The van der Waals surface area contributed by atoms with E-state index in [-0.39, 0.29) is 18.5 Å². The van der Waals surface area contributed by atoms with Gasteiger partial charge in [-0.15, -0.1) is 0 Å². The lowest BCUT2D eigenvalue weighted by molar-refractivity contribution is 0.241. The summed E-state index contributed by atoms with van der Waals surface area (Å²) in [7, 11) is 0. The molecule has 0 saturated heterocycles. The number of benzene rings is 1. The Balaban J connectivity index is 2.83. The van der Waals surface area contributed by atoms with Crippen LogP contribution in [0.4, 0.5) is 0 Å². The second-order valence-corrected chi connectivity index (χ2v) is 3.48. The van der Waals surface area contributed by atoms with Crippen molar-refractivity contribution in [2.24, 2.45) is 0 Å². The lowest BCUT2D eigenvalue weighted by Gasteiger charge is -2.11. The van der Waals surface area contributed by atoms with E-state index in [0.29, 0.717) is 12.2 Å². The van der Waals surface area contributed by atoms with Crippen LogP contribution in [0, 0.1) is 0 Å². The second-order valence-electron chi connectivity index (χ2n) is 3.48. The zero-order valence-corrected chi connectivity index (χ0v) is 8.53. The lowest BCUT2D eigenvalue weighted by atomic mass is 10.1. The van der Waals surface area contributed by atoms with Gasteiger partial charge in [0.25, 0.3) is 0 Å². The van der Waals surface area contributed by atoms with Crippen molar-refractivity contribution in [2.45, 2.75) is 26.4 Å². The SMILES string of the molecule is CC(C)Oc1cc(O)cc(CCO)c1. The predicted molar refractivity (Wildman–Crippen MR) is 54.7 cm³/mol. The molecule has 1 aromatic carbocycles. The molecule has 0 fully saturated rings. The standard InChI is InChI=1S/C11H16O3/c1-8(2)14-11-6-9(3-4-12)5-10(13)7-11/h5-8,12-13H,3-4H2,1-2H3. The van der Waals surface area contributed by atoms with E-state index < -0.39 is 0 Å². The minimum atomic E-state index is 0.0740. The van der Waals surface area contributed by atoms with Gasteiger partial charge in [-0.1, -0.05) is 0 Å². The Labute approximate surface area is 84.0 Å². The Bertz CT molecular complexity index is 295. The van der Waals surface area contributed by atoms with E-state index in [1.165, 1.54) is 0 Å². The van der Waals surface area contributed by atoms with Gasteiger partial charge in [-0.3, -0.25) is 0 Å². The number of aliphatic hydroxyl groups is 1. The summed E-state index contributed by atoms with van der Waals surface area (Å²) in [6.07, 6.45) is 0.613. The van der Waals surface area contributed by atoms with Gasteiger partial charge in [0, 0.05) is 12.7 Å². The van der Waals surface area contributed by atoms with Crippen molar-refractivity contribution >= 4 is 0 Å². The number of aliphatic hydroxyl groups excluding tert-OH is 1. The first-order valence-corrected chi connectivity index (χ1v) is 4.72. The van der Waals surface area contributed by atoms with Crippen LogP contribution in [0.3, 0.4) is 0 Å². The molecule has 2 N–H and O–H groups in total. The van der Waals surface area contributed by atoms with Gasteiger partial charge >= 0.3 is 0 Å². The second kappa shape index (κ2) is 4.86. The molecule has 14 heavy (non-hydrogen) atoms. The van der Waals surface area contributed by atoms with Crippen LogP contribution in [0.15, 0.2) is 18.2 Å². The molecule has 0 heterocycles. The largest absolute Gasteiger partial charge is 0.508 e. The normalized spacial score (nSPS) is 10.6. The highest BCUT2D eigenvalue weighted by Gasteiger charge is 2.02. The number of phenols is 1. The summed E-state index contributed by atoms with van der Waals surface area (Å²) in [5, 5.41) is 18.1. The molecule has 3 heteroatoms. The summed E-state index contributed by atoms with van der Waals surface area (Å²) < 4.78 is 5.44.